The molecule has 1 aromatic carbocycles. The van der Waals surface area contributed by atoms with Gasteiger partial charge in [0, 0.05) is 24.4 Å². The van der Waals surface area contributed by atoms with Gasteiger partial charge in [0.2, 0.25) is 0 Å². The van der Waals surface area contributed by atoms with Crippen molar-refractivity contribution < 1.29 is 9.18 Å². The smallest absolute Gasteiger partial charge is 0.150 e. The predicted molar refractivity (Wildman–Crippen MR) is 58.8 cm³/mol. The van der Waals surface area contributed by atoms with E-state index in [1.54, 1.807) is 18.5 Å². The minimum Gasteiger partial charge on any atom is -0.298 e. The number of rotatable bonds is 3. The SMILES string of the molecule is O=Cc1ccc(F)c(Cc2ccncc2)c1. The number of carbonyl (C=O) groups is 1. The lowest BCUT2D eigenvalue weighted by Crippen LogP contribution is -1.94. The lowest BCUT2D eigenvalue weighted by molar-refractivity contribution is 0.112. The fraction of sp³-hybridized carbons (Fsp3) is 0.0769. The van der Waals surface area contributed by atoms with E-state index in [4.69, 9.17) is 0 Å². The summed E-state index contributed by atoms with van der Waals surface area (Å²) in [5.74, 6) is -0.289. The molecule has 1 aromatic heterocycles. The number of benzene rings is 1. The molecule has 1 heterocycles. The van der Waals surface area contributed by atoms with Crippen LogP contribution in [-0.4, -0.2) is 11.3 Å². The summed E-state index contributed by atoms with van der Waals surface area (Å²) in [5.41, 5.74) is 1.98. The first kappa shape index (κ1) is 10.5. The molecular weight excluding hydrogens is 205 g/mol. The van der Waals surface area contributed by atoms with Gasteiger partial charge in [-0.25, -0.2) is 4.39 Å². The van der Waals surface area contributed by atoms with Crippen molar-refractivity contribution >= 4 is 6.29 Å². The molecule has 0 radical (unpaired) electrons. The molecule has 0 aliphatic rings. The van der Waals surface area contributed by atoms with E-state index in [1.165, 1.54) is 12.1 Å². The van der Waals surface area contributed by atoms with Crippen LogP contribution in [0.25, 0.3) is 0 Å². The molecule has 0 N–H and O–H groups in total. The normalized spacial score (nSPS) is 10.1. The Morgan fingerprint density at radius 1 is 1.19 bits per heavy atom. The van der Waals surface area contributed by atoms with Gasteiger partial charge < -0.3 is 0 Å². The number of halogens is 1. The Kier molecular flexibility index (Phi) is 3.05. The summed E-state index contributed by atoms with van der Waals surface area (Å²) in [4.78, 5) is 14.5. The Balaban J connectivity index is 2.30. The maximum atomic E-state index is 13.5. The topological polar surface area (TPSA) is 30.0 Å². The summed E-state index contributed by atoms with van der Waals surface area (Å²) in [7, 11) is 0. The van der Waals surface area contributed by atoms with Crippen LogP contribution < -0.4 is 0 Å². The molecule has 2 aromatic rings. The van der Waals surface area contributed by atoms with E-state index in [1.807, 2.05) is 12.1 Å². The van der Waals surface area contributed by atoms with E-state index in [9.17, 15) is 9.18 Å². The highest BCUT2D eigenvalue weighted by molar-refractivity contribution is 5.75. The maximum absolute atomic E-state index is 13.5. The van der Waals surface area contributed by atoms with Crippen molar-refractivity contribution in [2.24, 2.45) is 0 Å². The number of nitrogens with zero attached hydrogens (tertiary/aromatic N) is 1. The Hall–Kier alpha value is -2.03. The van der Waals surface area contributed by atoms with Crippen molar-refractivity contribution in [3.8, 4) is 0 Å². The predicted octanol–water partition coefficient (Wildman–Crippen LogP) is 2.62. The van der Waals surface area contributed by atoms with Crippen molar-refractivity contribution in [3.05, 3.63) is 65.2 Å². The van der Waals surface area contributed by atoms with E-state index >= 15 is 0 Å². The Bertz CT molecular complexity index is 497. The number of pyridine rings is 1. The van der Waals surface area contributed by atoms with E-state index in [2.05, 4.69) is 4.98 Å². The summed E-state index contributed by atoms with van der Waals surface area (Å²) in [6.07, 6.45) is 4.51. The average Bonchev–Trinajstić information content (AvgIpc) is 2.33. The minimum absolute atomic E-state index is 0.289. The third kappa shape index (κ3) is 2.31. The van der Waals surface area contributed by atoms with Crippen LogP contribution in [0.4, 0.5) is 4.39 Å². The van der Waals surface area contributed by atoms with Gasteiger partial charge in [0.15, 0.2) is 0 Å². The lowest BCUT2D eigenvalue weighted by Gasteiger charge is -2.03. The summed E-state index contributed by atoms with van der Waals surface area (Å²) in [5, 5.41) is 0. The fourth-order valence-corrected chi connectivity index (χ4v) is 1.52. The van der Waals surface area contributed by atoms with Crippen molar-refractivity contribution in [2.45, 2.75) is 6.42 Å². The highest BCUT2D eigenvalue weighted by Crippen LogP contribution is 2.14. The minimum atomic E-state index is -0.289. The first-order valence-corrected chi connectivity index (χ1v) is 4.92. The van der Waals surface area contributed by atoms with Gasteiger partial charge in [0.25, 0.3) is 0 Å². The highest BCUT2D eigenvalue weighted by Gasteiger charge is 2.04. The Morgan fingerprint density at radius 2 is 1.94 bits per heavy atom. The monoisotopic (exact) mass is 215 g/mol. The van der Waals surface area contributed by atoms with E-state index in [0.29, 0.717) is 17.5 Å². The van der Waals surface area contributed by atoms with Crippen LogP contribution in [-0.2, 0) is 6.42 Å². The summed E-state index contributed by atoms with van der Waals surface area (Å²) < 4.78 is 13.5. The first-order chi connectivity index (χ1) is 7.79. The van der Waals surface area contributed by atoms with Gasteiger partial charge in [-0.3, -0.25) is 9.78 Å². The van der Waals surface area contributed by atoms with Gasteiger partial charge in [-0.05, 0) is 41.5 Å². The molecule has 0 unspecified atom stereocenters. The average molecular weight is 215 g/mol. The summed E-state index contributed by atoms with van der Waals surface area (Å²) in [6.45, 7) is 0. The molecule has 0 atom stereocenters. The highest BCUT2D eigenvalue weighted by atomic mass is 19.1. The largest absolute Gasteiger partial charge is 0.298 e. The van der Waals surface area contributed by atoms with Crippen LogP contribution in [0.2, 0.25) is 0 Å². The molecular formula is C13H10FNO. The fourth-order valence-electron chi connectivity index (χ4n) is 1.52. The van der Waals surface area contributed by atoms with Crippen LogP contribution in [0, 0.1) is 5.82 Å². The second kappa shape index (κ2) is 4.66. The maximum Gasteiger partial charge on any atom is 0.150 e. The summed E-state index contributed by atoms with van der Waals surface area (Å²) >= 11 is 0. The number of aldehydes is 1. The zero-order valence-corrected chi connectivity index (χ0v) is 8.56. The van der Waals surface area contributed by atoms with Gasteiger partial charge in [0.05, 0.1) is 0 Å². The van der Waals surface area contributed by atoms with Crippen LogP contribution >= 0.6 is 0 Å². The zero-order valence-electron chi connectivity index (χ0n) is 8.56. The first-order valence-electron chi connectivity index (χ1n) is 4.92. The molecule has 0 aliphatic heterocycles. The molecule has 2 rings (SSSR count). The van der Waals surface area contributed by atoms with Crippen LogP contribution in [0.15, 0.2) is 42.7 Å². The Labute approximate surface area is 92.8 Å². The molecule has 0 spiro atoms. The number of hydrogen-bond acceptors (Lipinski definition) is 2. The second-order valence-corrected chi connectivity index (χ2v) is 3.50. The molecule has 0 saturated heterocycles. The Morgan fingerprint density at radius 3 is 2.62 bits per heavy atom. The second-order valence-electron chi connectivity index (χ2n) is 3.50. The molecule has 0 saturated carbocycles. The van der Waals surface area contributed by atoms with E-state index in [0.717, 1.165) is 11.8 Å². The van der Waals surface area contributed by atoms with Crippen molar-refractivity contribution in [1.82, 2.24) is 4.98 Å². The van der Waals surface area contributed by atoms with E-state index < -0.39 is 0 Å². The van der Waals surface area contributed by atoms with Crippen molar-refractivity contribution in [2.75, 3.05) is 0 Å². The standard InChI is InChI=1S/C13H10FNO/c14-13-2-1-11(9-16)8-12(13)7-10-3-5-15-6-4-10/h1-6,8-9H,7H2. The number of carbonyl (C=O) groups excluding carboxylic acids is 1. The van der Waals surface area contributed by atoms with Gasteiger partial charge in [-0.15, -0.1) is 0 Å². The summed E-state index contributed by atoms with van der Waals surface area (Å²) in [6, 6.07) is 8.02. The van der Waals surface area contributed by atoms with Gasteiger partial charge in [-0.2, -0.15) is 0 Å². The van der Waals surface area contributed by atoms with Gasteiger partial charge in [0.1, 0.15) is 12.1 Å². The third-order valence-electron chi connectivity index (χ3n) is 2.35. The van der Waals surface area contributed by atoms with Gasteiger partial charge in [-0.1, -0.05) is 0 Å². The molecule has 0 amide bonds. The van der Waals surface area contributed by atoms with Crippen molar-refractivity contribution in [1.29, 1.82) is 0 Å². The van der Waals surface area contributed by atoms with Crippen molar-refractivity contribution in [3.63, 3.8) is 0 Å². The van der Waals surface area contributed by atoms with Gasteiger partial charge >= 0.3 is 0 Å². The molecule has 0 fully saturated rings. The number of hydrogen-bond donors (Lipinski definition) is 0. The van der Waals surface area contributed by atoms with Crippen LogP contribution in [0.5, 0.6) is 0 Å². The quantitative estimate of drug-likeness (QED) is 0.737. The molecule has 0 bridgehead atoms. The van der Waals surface area contributed by atoms with Crippen LogP contribution in [0.3, 0.4) is 0 Å². The molecule has 2 nitrogen and oxygen atoms in total. The molecule has 80 valence electrons. The molecule has 16 heavy (non-hydrogen) atoms. The zero-order chi connectivity index (χ0) is 11.4. The van der Waals surface area contributed by atoms with E-state index in [-0.39, 0.29) is 5.82 Å². The third-order valence-corrected chi connectivity index (χ3v) is 2.35. The van der Waals surface area contributed by atoms with Crippen LogP contribution in [0.1, 0.15) is 21.5 Å². The molecule has 3 heteroatoms. The molecule has 0 aliphatic carbocycles. The lowest BCUT2D eigenvalue weighted by atomic mass is 10.0. The number of aromatic nitrogens is 1.